The van der Waals surface area contributed by atoms with E-state index in [0.717, 1.165) is 12.8 Å². The summed E-state index contributed by atoms with van der Waals surface area (Å²) in [5, 5.41) is 9.89. The predicted molar refractivity (Wildman–Crippen MR) is 67.7 cm³/mol. The Balaban J connectivity index is 2.37. The molecule has 0 spiro atoms. The summed E-state index contributed by atoms with van der Waals surface area (Å²) in [6.45, 7) is 8.60. The van der Waals surface area contributed by atoms with Crippen molar-refractivity contribution in [3.63, 3.8) is 0 Å². The second-order valence-electron chi connectivity index (χ2n) is 6.16. The average Bonchev–Trinajstić information content (AvgIpc) is 2.97. The van der Waals surface area contributed by atoms with E-state index in [1.807, 2.05) is 6.92 Å². The molecular weight excluding hydrogens is 196 g/mol. The Morgan fingerprint density at radius 3 is 2.31 bits per heavy atom. The predicted octanol–water partition coefficient (Wildman–Crippen LogP) is 3.40. The quantitative estimate of drug-likeness (QED) is 0.806. The first-order chi connectivity index (χ1) is 7.36. The van der Waals surface area contributed by atoms with Gasteiger partial charge in [-0.1, -0.05) is 45.0 Å². The van der Waals surface area contributed by atoms with Gasteiger partial charge in [-0.3, -0.25) is 0 Å². The monoisotopic (exact) mass is 218 g/mol. The summed E-state index contributed by atoms with van der Waals surface area (Å²) in [6.07, 6.45) is 2.01. The van der Waals surface area contributed by atoms with Crippen molar-refractivity contribution in [3.8, 4) is 0 Å². The number of hydrogen-bond acceptors (Lipinski definition) is 1. The lowest BCUT2D eigenvalue weighted by molar-refractivity contribution is 0.150. The normalized spacial score (nSPS) is 20.6. The third kappa shape index (κ3) is 1.89. The Labute approximate surface area is 98.5 Å². The zero-order valence-electron chi connectivity index (χ0n) is 10.7. The molecule has 1 fully saturated rings. The van der Waals surface area contributed by atoms with Crippen LogP contribution in [0.4, 0.5) is 0 Å². The summed E-state index contributed by atoms with van der Waals surface area (Å²) in [7, 11) is 0. The highest BCUT2D eigenvalue weighted by molar-refractivity contribution is 5.38. The van der Waals surface area contributed by atoms with E-state index < -0.39 is 0 Å². The zero-order valence-corrected chi connectivity index (χ0v) is 10.7. The molecule has 1 nitrogen and oxygen atoms in total. The van der Waals surface area contributed by atoms with Crippen LogP contribution in [0.2, 0.25) is 0 Å². The van der Waals surface area contributed by atoms with Crippen molar-refractivity contribution < 1.29 is 5.11 Å². The summed E-state index contributed by atoms with van der Waals surface area (Å²) in [5.74, 6) is 0. The minimum atomic E-state index is -0.234. The van der Waals surface area contributed by atoms with Crippen LogP contribution in [0, 0.1) is 0 Å². The van der Waals surface area contributed by atoms with Crippen LogP contribution in [0.15, 0.2) is 24.3 Å². The molecule has 2 rings (SSSR count). The smallest absolute Gasteiger partial charge is 0.0608 e. The van der Waals surface area contributed by atoms with Gasteiger partial charge in [0.15, 0.2) is 0 Å². The number of aliphatic hydroxyl groups excluding tert-OH is 1. The highest BCUT2D eigenvalue weighted by Gasteiger charge is 2.48. The van der Waals surface area contributed by atoms with Crippen LogP contribution >= 0.6 is 0 Å². The first kappa shape index (κ1) is 11.7. The molecule has 88 valence electrons. The standard InChI is InChI=1S/C15H22O/c1-11(16)15(8-9-15)13-7-5-6-12(10-13)14(2,3)4/h5-7,10-11,16H,8-9H2,1-4H3. The van der Waals surface area contributed by atoms with Gasteiger partial charge in [0, 0.05) is 5.41 Å². The fraction of sp³-hybridized carbons (Fsp3) is 0.600. The van der Waals surface area contributed by atoms with Gasteiger partial charge in [0.2, 0.25) is 0 Å². The average molecular weight is 218 g/mol. The molecule has 1 heteroatoms. The molecule has 0 bridgehead atoms. The lowest BCUT2D eigenvalue weighted by Crippen LogP contribution is -2.23. The summed E-state index contributed by atoms with van der Waals surface area (Å²) in [5.41, 5.74) is 2.92. The largest absolute Gasteiger partial charge is 0.392 e. The molecule has 1 aliphatic rings. The third-order valence-electron chi connectivity index (χ3n) is 3.89. The van der Waals surface area contributed by atoms with E-state index in [0.29, 0.717) is 0 Å². The number of rotatable bonds is 2. The van der Waals surface area contributed by atoms with Crippen molar-refractivity contribution in [1.82, 2.24) is 0 Å². The maximum absolute atomic E-state index is 9.89. The first-order valence-corrected chi connectivity index (χ1v) is 6.15. The molecule has 0 aliphatic heterocycles. The molecule has 0 heterocycles. The van der Waals surface area contributed by atoms with Gasteiger partial charge >= 0.3 is 0 Å². The molecule has 1 aliphatic carbocycles. The molecule has 1 aromatic rings. The number of aliphatic hydroxyl groups is 1. The molecule has 0 aromatic heterocycles. The minimum absolute atomic E-state index is 0.0568. The zero-order chi connectivity index (χ0) is 12.0. The molecular formula is C15H22O. The van der Waals surface area contributed by atoms with Gasteiger partial charge in [-0.25, -0.2) is 0 Å². The van der Waals surface area contributed by atoms with Gasteiger partial charge in [-0.05, 0) is 36.3 Å². The summed E-state index contributed by atoms with van der Waals surface area (Å²) >= 11 is 0. The Kier molecular flexibility index (Phi) is 2.62. The van der Waals surface area contributed by atoms with E-state index >= 15 is 0 Å². The van der Waals surface area contributed by atoms with Gasteiger partial charge in [0.25, 0.3) is 0 Å². The fourth-order valence-corrected chi connectivity index (χ4v) is 2.38. The van der Waals surface area contributed by atoms with Crippen molar-refractivity contribution >= 4 is 0 Å². The second-order valence-corrected chi connectivity index (χ2v) is 6.16. The lowest BCUT2D eigenvalue weighted by atomic mass is 9.82. The Morgan fingerprint density at radius 2 is 1.88 bits per heavy atom. The van der Waals surface area contributed by atoms with Crippen molar-refractivity contribution in [3.05, 3.63) is 35.4 Å². The van der Waals surface area contributed by atoms with Crippen molar-refractivity contribution in [1.29, 1.82) is 0 Å². The molecule has 1 unspecified atom stereocenters. The molecule has 1 N–H and O–H groups in total. The number of benzene rings is 1. The fourth-order valence-electron chi connectivity index (χ4n) is 2.38. The maximum Gasteiger partial charge on any atom is 0.0608 e. The Hall–Kier alpha value is -0.820. The van der Waals surface area contributed by atoms with E-state index in [1.165, 1.54) is 11.1 Å². The first-order valence-electron chi connectivity index (χ1n) is 6.15. The van der Waals surface area contributed by atoms with Crippen LogP contribution in [-0.2, 0) is 10.8 Å². The van der Waals surface area contributed by atoms with Crippen LogP contribution in [-0.4, -0.2) is 11.2 Å². The third-order valence-corrected chi connectivity index (χ3v) is 3.89. The Bertz CT molecular complexity index is 381. The van der Waals surface area contributed by atoms with Crippen molar-refractivity contribution in [2.45, 2.75) is 57.5 Å². The SMILES string of the molecule is CC(O)C1(c2cccc(C(C)(C)C)c2)CC1. The van der Waals surface area contributed by atoms with E-state index in [2.05, 4.69) is 45.0 Å². The molecule has 16 heavy (non-hydrogen) atoms. The van der Waals surface area contributed by atoms with Crippen molar-refractivity contribution in [2.75, 3.05) is 0 Å². The van der Waals surface area contributed by atoms with E-state index in [-0.39, 0.29) is 16.9 Å². The summed E-state index contributed by atoms with van der Waals surface area (Å²) < 4.78 is 0. The molecule has 1 aromatic carbocycles. The second kappa shape index (κ2) is 3.59. The molecule has 1 atom stereocenters. The van der Waals surface area contributed by atoms with Crippen LogP contribution < -0.4 is 0 Å². The minimum Gasteiger partial charge on any atom is -0.392 e. The van der Waals surface area contributed by atoms with Crippen LogP contribution in [0.5, 0.6) is 0 Å². The maximum atomic E-state index is 9.89. The topological polar surface area (TPSA) is 20.2 Å². The van der Waals surface area contributed by atoms with Gasteiger partial charge in [0.1, 0.15) is 0 Å². The van der Waals surface area contributed by atoms with Crippen LogP contribution in [0.1, 0.15) is 51.7 Å². The summed E-state index contributed by atoms with van der Waals surface area (Å²) in [4.78, 5) is 0. The van der Waals surface area contributed by atoms with Gasteiger partial charge < -0.3 is 5.11 Å². The molecule has 1 saturated carbocycles. The molecule has 0 amide bonds. The molecule has 0 saturated heterocycles. The van der Waals surface area contributed by atoms with Gasteiger partial charge in [0.05, 0.1) is 6.10 Å². The van der Waals surface area contributed by atoms with E-state index in [9.17, 15) is 5.11 Å². The van der Waals surface area contributed by atoms with Gasteiger partial charge in [-0.15, -0.1) is 0 Å². The van der Waals surface area contributed by atoms with Crippen LogP contribution in [0.25, 0.3) is 0 Å². The van der Waals surface area contributed by atoms with E-state index in [1.54, 1.807) is 0 Å². The lowest BCUT2D eigenvalue weighted by Gasteiger charge is -2.24. The highest BCUT2D eigenvalue weighted by Crippen LogP contribution is 2.51. The van der Waals surface area contributed by atoms with Crippen LogP contribution in [0.3, 0.4) is 0 Å². The van der Waals surface area contributed by atoms with Crippen molar-refractivity contribution in [2.24, 2.45) is 0 Å². The summed E-state index contributed by atoms with van der Waals surface area (Å²) in [6, 6.07) is 8.74. The highest BCUT2D eigenvalue weighted by atomic mass is 16.3. The van der Waals surface area contributed by atoms with E-state index in [4.69, 9.17) is 0 Å². The Morgan fingerprint density at radius 1 is 1.25 bits per heavy atom. The number of hydrogen-bond donors (Lipinski definition) is 1. The van der Waals surface area contributed by atoms with Gasteiger partial charge in [-0.2, -0.15) is 0 Å². The molecule has 0 radical (unpaired) electrons.